The van der Waals surface area contributed by atoms with Gasteiger partial charge in [0.25, 0.3) is 0 Å². The van der Waals surface area contributed by atoms with Gasteiger partial charge in [-0.25, -0.2) is 0 Å². The van der Waals surface area contributed by atoms with E-state index in [1.807, 2.05) is 11.8 Å². The monoisotopic (exact) mass is 292 g/mol. The van der Waals surface area contributed by atoms with Crippen molar-refractivity contribution in [3.63, 3.8) is 0 Å². The topological polar surface area (TPSA) is 0 Å². The summed E-state index contributed by atoms with van der Waals surface area (Å²) in [5.74, 6) is 1.78. The summed E-state index contributed by atoms with van der Waals surface area (Å²) in [6.45, 7) is 4.67. The third-order valence-electron chi connectivity index (χ3n) is 2.78. The number of rotatable bonds is 5. The van der Waals surface area contributed by atoms with Gasteiger partial charge in [-0.3, -0.25) is 0 Å². The Kier molecular flexibility index (Phi) is 7.12. The molecular weight excluding hydrogens is 267 g/mol. The Balaban J connectivity index is 2.37. The zero-order valence-electron chi connectivity index (χ0n) is 10.3. The Morgan fingerprint density at radius 2 is 2.00 bits per heavy atom. The molecule has 2 heteroatoms. The third kappa shape index (κ3) is 6.04. The molecule has 0 unspecified atom stereocenters. The van der Waals surface area contributed by atoms with Crippen molar-refractivity contribution in [3.8, 4) is 0 Å². The summed E-state index contributed by atoms with van der Waals surface area (Å²) < 4.78 is 1.70. The van der Waals surface area contributed by atoms with Crippen molar-refractivity contribution in [1.29, 1.82) is 0 Å². The van der Waals surface area contributed by atoms with Gasteiger partial charge in [-0.1, -0.05) is 0 Å². The van der Waals surface area contributed by atoms with E-state index in [1.54, 1.807) is 3.80 Å². The summed E-state index contributed by atoms with van der Waals surface area (Å²) in [7, 11) is 0. The molecule has 15 heavy (non-hydrogen) atoms. The Hall–Kier alpha value is 0.609. The van der Waals surface area contributed by atoms with Crippen molar-refractivity contribution in [3.05, 3.63) is 9.88 Å². The molecule has 1 fully saturated rings. The first-order chi connectivity index (χ1) is 7.22. The maximum atomic E-state index is 2.60. The van der Waals surface area contributed by atoms with Crippen LogP contribution in [0.15, 0.2) is 9.88 Å². The molecule has 0 aromatic rings. The van der Waals surface area contributed by atoms with Crippen molar-refractivity contribution in [2.24, 2.45) is 11.8 Å². The summed E-state index contributed by atoms with van der Waals surface area (Å²) in [5.41, 5.74) is 0. The molecule has 0 saturated heterocycles. The van der Waals surface area contributed by atoms with E-state index in [0.29, 0.717) is 0 Å². The Morgan fingerprint density at radius 3 is 2.53 bits per heavy atom. The third-order valence-corrected chi connectivity index (χ3v) is 7.61. The van der Waals surface area contributed by atoms with Crippen molar-refractivity contribution in [2.45, 2.75) is 51.3 Å². The van der Waals surface area contributed by atoms with Crippen molar-refractivity contribution < 1.29 is 0 Å². The van der Waals surface area contributed by atoms with E-state index in [9.17, 15) is 0 Å². The summed E-state index contributed by atoms with van der Waals surface area (Å²) in [6, 6.07) is 0. The summed E-state index contributed by atoms with van der Waals surface area (Å²) >= 11 is 2.74. The van der Waals surface area contributed by atoms with E-state index in [-0.39, 0.29) is 0 Å². The summed E-state index contributed by atoms with van der Waals surface area (Å²) in [6.07, 6.45) is 12.1. The molecule has 0 nitrogen and oxygen atoms in total. The van der Waals surface area contributed by atoms with Crippen LogP contribution in [0, 0.1) is 11.8 Å². The molecule has 1 aliphatic rings. The quantitative estimate of drug-likeness (QED) is 0.670. The average molecular weight is 291 g/mol. The standard InChI is InChI=1S/C13H24SSe/c1-11(2)10-15-13(14-3)9-12-7-5-4-6-8-12/h9,11-12H,4-8,10H2,1-3H3/b13-9+. The normalized spacial score (nSPS) is 19.9. The molecule has 0 N–H and O–H groups in total. The predicted octanol–water partition coefficient (Wildman–Crippen LogP) is 4.55. The van der Waals surface area contributed by atoms with Crippen LogP contribution in [0.4, 0.5) is 0 Å². The van der Waals surface area contributed by atoms with Crippen molar-refractivity contribution in [1.82, 2.24) is 0 Å². The van der Waals surface area contributed by atoms with E-state index in [4.69, 9.17) is 0 Å². The van der Waals surface area contributed by atoms with E-state index >= 15 is 0 Å². The van der Waals surface area contributed by atoms with Gasteiger partial charge in [0.1, 0.15) is 0 Å². The fourth-order valence-corrected chi connectivity index (χ4v) is 5.11. The van der Waals surface area contributed by atoms with Crippen molar-refractivity contribution >= 4 is 26.7 Å². The minimum absolute atomic E-state index is 0.741. The first-order valence-electron chi connectivity index (χ1n) is 6.11. The first kappa shape index (κ1) is 13.7. The first-order valence-corrected chi connectivity index (χ1v) is 9.40. The van der Waals surface area contributed by atoms with Gasteiger partial charge in [0.15, 0.2) is 0 Å². The molecule has 1 saturated carbocycles. The van der Waals surface area contributed by atoms with Gasteiger partial charge in [0, 0.05) is 0 Å². The second-order valence-electron chi connectivity index (χ2n) is 4.79. The van der Waals surface area contributed by atoms with Crippen LogP contribution in [-0.4, -0.2) is 21.2 Å². The molecule has 1 rings (SSSR count). The van der Waals surface area contributed by atoms with E-state index < -0.39 is 0 Å². The van der Waals surface area contributed by atoms with E-state index in [0.717, 1.165) is 26.8 Å². The van der Waals surface area contributed by atoms with Gasteiger partial charge >= 0.3 is 106 Å². The van der Waals surface area contributed by atoms with Gasteiger partial charge < -0.3 is 0 Å². The van der Waals surface area contributed by atoms with Crippen LogP contribution in [-0.2, 0) is 0 Å². The molecule has 0 aliphatic heterocycles. The Labute approximate surface area is 106 Å². The maximum absolute atomic E-state index is 2.60. The fraction of sp³-hybridized carbons (Fsp3) is 0.846. The minimum atomic E-state index is 0.741. The molecule has 0 aromatic heterocycles. The zero-order chi connectivity index (χ0) is 11.1. The SMILES string of the molecule is CS/C(=C\C1CCCCC1)[Se]CC(C)C. The van der Waals surface area contributed by atoms with Gasteiger partial charge in [-0.2, -0.15) is 0 Å². The zero-order valence-corrected chi connectivity index (χ0v) is 12.8. The second-order valence-corrected chi connectivity index (χ2v) is 8.45. The predicted molar refractivity (Wildman–Crippen MR) is 73.6 cm³/mol. The second kappa shape index (κ2) is 7.81. The van der Waals surface area contributed by atoms with Crippen LogP contribution in [0.25, 0.3) is 0 Å². The van der Waals surface area contributed by atoms with E-state index in [2.05, 4.69) is 26.2 Å². The molecule has 0 radical (unpaired) electrons. The molecule has 0 aromatic carbocycles. The molecular formula is C13H24SSe. The van der Waals surface area contributed by atoms with Crippen molar-refractivity contribution in [2.75, 3.05) is 6.26 Å². The molecule has 0 bridgehead atoms. The van der Waals surface area contributed by atoms with Crippen LogP contribution >= 0.6 is 11.8 Å². The number of thioether (sulfide) groups is 1. The van der Waals surface area contributed by atoms with Crippen LogP contribution < -0.4 is 0 Å². The molecule has 0 amide bonds. The molecule has 0 spiro atoms. The number of hydrogen-bond donors (Lipinski definition) is 0. The van der Waals surface area contributed by atoms with Crippen LogP contribution in [0.5, 0.6) is 0 Å². The molecule has 1 aliphatic carbocycles. The molecule has 0 atom stereocenters. The van der Waals surface area contributed by atoms with Gasteiger partial charge in [0.2, 0.25) is 0 Å². The van der Waals surface area contributed by atoms with Gasteiger partial charge in [-0.15, -0.1) is 0 Å². The Bertz CT molecular complexity index is 193. The van der Waals surface area contributed by atoms with Gasteiger partial charge in [0.05, 0.1) is 0 Å². The van der Waals surface area contributed by atoms with Crippen LogP contribution in [0.1, 0.15) is 46.0 Å². The van der Waals surface area contributed by atoms with Crippen LogP contribution in [0.2, 0.25) is 5.32 Å². The summed E-state index contributed by atoms with van der Waals surface area (Å²) in [5, 5.41) is 1.41. The number of hydrogen-bond acceptors (Lipinski definition) is 1. The fourth-order valence-electron chi connectivity index (χ4n) is 1.92. The summed E-state index contributed by atoms with van der Waals surface area (Å²) in [4.78, 5) is 0. The Morgan fingerprint density at radius 1 is 1.33 bits per heavy atom. The van der Waals surface area contributed by atoms with Crippen LogP contribution in [0.3, 0.4) is 0 Å². The average Bonchev–Trinajstić information content (AvgIpc) is 2.25. The molecule has 88 valence electrons. The van der Waals surface area contributed by atoms with Gasteiger partial charge in [-0.05, 0) is 0 Å². The molecule has 0 heterocycles. The van der Waals surface area contributed by atoms with E-state index in [1.165, 1.54) is 37.4 Å². The number of allylic oxidation sites excluding steroid dienone is 1.